The summed E-state index contributed by atoms with van der Waals surface area (Å²) in [5.41, 5.74) is -8.44. The molecule has 1 fully saturated rings. The lowest BCUT2D eigenvalue weighted by Crippen LogP contribution is -2.66. The highest BCUT2D eigenvalue weighted by molar-refractivity contribution is 5.78. The molecule has 26 heavy (non-hydrogen) atoms. The van der Waals surface area contributed by atoms with E-state index in [2.05, 4.69) is 4.74 Å². The molecular formula is C15H19F9O2. The SMILES string of the molecule is CCC(C)(C(=O)OC(C1CCCCC1)(C(F)(F)F)C(F)(F)F)C(F)(F)F. The first-order chi connectivity index (χ1) is 11.5. The fourth-order valence-electron chi connectivity index (χ4n) is 3.05. The first kappa shape index (κ1) is 22.9. The highest BCUT2D eigenvalue weighted by atomic mass is 19.4. The van der Waals surface area contributed by atoms with Gasteiger partial charge in [-0.2, -0.15) is 39.5 Å². The van der Waals surface area contributed by atoms with Crippen molar-refractivity contribution < 1.29 is 49.0 Å². The lowest BCUT2D eigenvalue weighted by Gasteiger charge is -2.45. The minimum Gasteiger partial charge on any atom is -0.438 e. The predicted molar refractivity (Wildman–Crippen MR) is 72.0 cm³/mol. The van der Waals surface area contributed by atoms with Gasteiger partial charge < -0.3 is 4.74 Å². The predicted octanol–water partition coefficient (Wildman–Crippen LogP) is 5.95. The van der Waals surface area contributed by atoms with E-state index in [4.69, 9.17) is 0 Å². The Bertz CT molecular complexity index is 487. The average molecular weight is 402 g/mol. The summed E-state index contributed by atoms with van der Waals surface area (Å²) in [7, 11) is 0. The van der Waals surface area contributed by atoms with Crippen molar-refractivity contribution in [1.82, 2.24) is 0 Å². The molecule has 0 spiro atoms. The maximum Gasteiger partial charge on any atom is 0.437 e. The Balaban J connectivity index is 3.48. The van der Waals surface area contributed by atoms with E-state index in [1.165, 1.54) is 0 Å². The highest BCUT2D eigenvalue weighted by Crippen LogP contribution is 2.55. The zero-order valence-corrected chi connectivity index (χ0v) is 14.0. The van der Waals surface area contributed by atoms with Gasteiger partial charge >= 0.3 is 30.1 Å². The van der Waals surface area contributed by atoms with Crippen LogP contribution in [0.25, 0.3) is 0 Å². The van der Waals surface area contributed by atoms with Crippen molar-refractivity contribution in [3.8, 4) is 0 Å². The average Bonchev–Trinajstić information content (AvgIpc) is 2.48. The Hall–Kier alpha value is -1.16. The van der Waals surface area contributed by atoms with Crippen LogP contribution in [0, 0.1) is 11.3 Å². The first-order valence-corrected chi connectivity index (χ1v) is 7.98. The van der Waals surface area contributed by atoms with Crippen LogP contribution in [-0.4, -0.2) is 30.1 Å². The van der Waals surface area contributed by atoms with Gasteiger partial charge in [0.2, 0.25) is 0 Å². The van der Waals surface area contributed by atoms with E-state index >= 15 is 0 Å². The topological polar surface area (TPSA) is 26.3 Å². The summed E-state index contributed by atoms with van der Waals surface area (Å²) >= 11 is 0. The molecule has 1 aliphatic carbocycles. The fourth-order valence-corrected chi connectivity index (χ4v) is 3.05. The van der Waals surface area contributed by atoms with Crippen molar-refractivity contribution in [3.05, 3.63) is 0 Å². The first-order valence-electron chi connectivity index (χ1n) is 7.98. The smallest absolute Gasteiger partial charge is 0.437 e. The molecule has 0 aromatic heterocycles. The monoisotopic (exact) mass is 402 g/mol. The molecular weight excluding hydrogens is 383 g/mol. The molecule has 0 radical (unpaired) electrons. The molecule has 2 nitrogen and oxygen atoms in total. The molecule has 0 bridgehead atoms. The third kappa shape index (κ3) is 3.76. The Morgan fingerprint density at radius 1 is 0.846 bits per heavy atom. The number of alkyl halides is 9. The Labute approximate surface area is 144 Å². The van der Waals surface area contributed by atoms with E-state index in [-0.39, 0.29) is 19.8 Å². The number of carbonyl (C=O) groups is 1. The van der Waals surface area contributed by atoms with Crippen molar-refractivity contribution in [3.63, 3.8) is 0 Å². The van der Waals surface area contributed by atoms with Crippen LogP contribution >= 0.6 is 0 Å². The van der Waals surface area contributed by atoms with E-state index in [1.54, 1.807) is 0 Å². The van der Waals surface area contributed by atoms with Gasteiger partial charge in [-0.1, -0.05) is 26.2 Å². The molecule has 1 unspecified atom stereocenters. The van der Waals surface area contributed by atoms with Gasteiger partial charge in [-0.25, -0.2) is 0 Å². The molecule has 0 aromatic carbocycles. The minimum atomic E-state index is -6.11. The molecule has 0 aliphatic heterocycles. The maximum absolute atomic E-state index is 13.5. The van der Waals surface area contributed by atoms with Crippen molar-refractivity contribution >= 4 is 5.97 Å². The molecule has 11 heteroatoms. The molecule has 1 saturated carbocycles. The van der Waals surface area contributed by atoms with E-state index < -0.39 is 60.7 Å². The zero-order chi connectivity index (χ0) is 20.6. The number of rotatable bonds is 4. The van der Waals surface area contributed by atoms with Gasteiger partial charge in [0, 0.05) is 5.92 Å². The summed E-state index contributed by atoms with van der Waals surface area (Å²) < 4.78 is 124. The second-order valence-corrected chi connectivity index (χ2v) is 6.64. The summed E-state index contributed by atoms with van der Waals surface area (Å²) in [5, 5.41) is 0. The molecule has 0 N–H and O–H groups in total. The third-order valence-electron chi connectivity index (χ3n) is 5.06. The quantitative estimate of drug-likeness (QED) is 0.429. The van der Waals surface area contributed by atoms with Crippen LogP contribution in [0.3, 0.4) is 0 Å². The van der Waals surface area contributed by atoms with Gasteiger partial charge in [0.15, 0.2) is 5.41 Å². The van der Waals surface area contributed by atoms with E-state index in [9.17, 15) is 44.3 Å². The summed E-state index contributed by atoms with van der Waals surface area (Å²) in [4.78, 5) is 12.0. The molecule has 1 aliphatic rings. The van der Waals surface area contributed by atoms with Crippen molar-refractivity contribution in [2.45, 2.75) is 76.5 Å². The Morgan fingerprint density at radius 3 is 1.58 bits per heavy atom. The Morgan fingerprint density at radius 2 is 1.27 bits per heavy atom. The van der Waals surface area contributed by atoms with Crippen LogP contribution in [0.2, 0.25) is 0 Å². The number of ether oxygens (including phenoxy) is 1. The molecule has 1 atom stereocenters. The number of esters is 1. The highest BCUT2D eigenvalue weighted by Gasteiger charge is 2.78. The van der Waals surface area contributed by atoms with Crippen LogP contribution in [0.1, 0.15) is 52.4 Å². The Kier molecular flexibility index (Phi) is 6.25. The van der Waals surface area contributed by atoms with Crippen LogP contribution in [0.15, 0.2) is 0 Å². The molecule has 1 rings (SSSR count). The standard InChI is InChI=1S/C15H19F9O2/c1-3-11(2,13(16,17)18)10(25)26-12(14(19,20)21,15(22,23)24)9-7-5-4-6-8-9/h9H,3-8H2,1-2H3. The van der Waals surface area contributed by atoms with Gasteiger partial charge in [0.25, 0.3) is 0 Å². The van der Waals surface area contributed by atoms with Gasteiger partial charge in [-0.3, -0.25) is 4.79 Å². The lowest BCUT2D eigenvalue weighted by atomic mass is 9.75. The van der Waals surface area contributed by atoms with Gasteiger partial charge in [0.05, 0.1) is 0 Å². The number of hydrogen-bond acceptors (Lipinski definition) is 2. The zero-order valence-electron chi connectivity index (χ0n) is 14.0. The maximum atomic E-state index is 13.5. The number of carbonyl (C=O) groups excluding carboxylic acids is 1. The number of hydrogen-bond donors (Lipinski definition) is 0. The normalized spacial score (nSPS) is 20.6. The van der Waals surface area contributed by atoms with Crippen molar-refractivity contribution in [2.24, 2.45) is 11.3 Å². The van der Waals surface area contributed by atoms with E-state index in [0.29, 0.717) is 6.42 Å². The molecule has 0 heterocycles. The second kappa shape index (κ2) is 7.10. The van der Waals surface area contributed by atoms with Gasteiger partial charge in [-0.05, 0) is 26.2 Å². The summed E-state index contributed by atoms with van der Waals surface area (Å²) in [6, 6.07) is 0. The van der Waals surface area contributed by atoms with Gasteiger partial charge in [-0.15, -0.1) is 0 Å². The largest absolute Gasteiger partial charge is 0.438 e. The summed E-state index contributed by atoms with van der Waals surface area (Å²) in [5.74, 6) is -4.76. The van der Waals surface area contributed by atoms with Crippen LogP contribution in [0.4, 0.5) is 39.5 Å². The molecule has 0 saturated heterocycles. The third-order valence-corrected chi connectivity index (χ3v) is 5.06. The number of halogens is 9. The van der Waals surface area contributed by atoms with E-state index in [1.807, 2.05) is 0 Å². The molecule has 154 valence electrons. The summed E-state index contributed by atoms with van der Waals surface area (Å²) in [6.45, 7) is 1.06. The summed E-state index contributed by atoms with van der Waals surface area (Å²) in [6.07, 6.45) is -19.3. The lowest BCUT2D eigenvalue weighted by molar-refractivity contribution is -0.392. The fraction of sp³-hybridized carbons (Fsp3) is 0.933. The second-order valence-electron chi connectivity index (χ2n) is 6.64. The molecule has 0 amide bonds. The van der Waals surface area contributed by atoms with Gasteiger partial charge in [0.1, 0.15) is 0 Å². The van der Waals surface area contributed by atoms with Crippen LogP contribution in [-0.2, 0) is 9.53 Å². The van der Waals surface area contributed by atoms with E-state index in [0.717, 1.165) is 6.92 Å². The van der Waals surface area contributed by atoms with Crippen LogP contribution < -0.4 is 0 Å². The molecule has 0 aromatic rings. The minimum absolute atomic E-state index is 0.0282. The van der Waals surface area contributed by atoms with Crippen molar-refractivity contribution in [2.75, 3.05) is 0 Å². The van der Waals surface area contributed by atoms with Crippen molar-refractivity contribution in [1.29, 1.82) is 0 Å². The van der Waals surface area contributed by atoms with Crippen LogP contribution in [0.5, 0.6) is 0 Å².